The van der Waals surface area contributed by atoms with Crippen LogP contribution in [-0.4, -0.2) is 18.6 Å². The largest absolute Gasteiger partial charge is 0.482 e. The Morgan fingerprint density at radius 2 is 2.29 bits per heavy atom. The number of hydrogen-bond acceptors (Lipinski definition) is 2. The van der Waals surface area contributed by atoms with E-state index in [-0.39, 0.29) is 18.6 Å². The second kappa shape index (κ2) is 6.87. The van der Waals surface area contributed by atoms with Crippen LogP contribution in [0.4, 0.5) is 0 Å². The number of hydrogen-bond donors (Lipinski definition) is 1. The molecular formula is C12H15BrClNO2. The molecule has 0 saturated heterocycles. The third-order valence-electron chi connectivity index (χ3n) is 2.27. The summed E-state index contributed by atoms with van der Waals surface area (Å²) in [5.41, 5.74) is 0. The molecule has 0 aliphatic rings. The predicted octanol–water partition coefficient (Wildman–Crippen LogP) is 3.40. The Hall–Kier alpha value is -0.740. The van der Waals surface area contributed by atoms with Crippen LogP contribution in [0.3, 0.4) is 0 Å². The van der Waals surface area contributed by atoms with Gasteiger partial charge in [0.2, 0.25) is 0 Å². The molecule has 0 aromatic heterocycles. The van der Waals surface area contributed by atoms with E-state index in [0.717, 1.165) is 10.9 Å². The van der Waals surface area contributed by atoms with Crippen LogP contribution in [0.25, 0.3) is 0 Å². The van der Waals surface area contributed by atoms with Gasteiger partial charge in [0.05, 0.1) is 5.02 Å². The van der Waals surface area contributed by atoms with Gasteiger partial charge < -0.3 is 10.1 Å². The third-order valence-corrected chi connectivity index (χ3v) is 3.06. The second-order valence-electron chi connectivity index (χ2n) is 3.74. The number of ether oxygens (including phenoxy) is 1. The van der Waals surface area contributed by atoms with E-state index >= 15 is 0 Å². The molecular weight excluding hydrogens is 305 g/mol. The fraction of sp³-hybridized carbons (Fsp3) is 0.417. The molecule has 0 bridgehead atoms. The summed E-state index contributed by atoms with van der Waals surface area (Å²) in [4.78, 5) is 11.5. The van der Waals surface area contributed by atoms with E-state index in [4.69, 9.17) is 16.3 Å². The summed E-state index contributed by atoms with van der Waals surface area (Å²) in [5.74, 6) is 0.368. The fourth-order valence-electron chi connectivity index (χ4n) is 1.15. The van der Waals surface area contributed by atoms with Crippen molar-refractivity contribution in [2.45, 2.75) is 26.3 Å². The quantitative estimate of drug-likeness (QED) is 0.903. The number of carbonyl (C=O) groups is 1. The molecule has 1 rings (SSSR count). The van der Waals surface area contributed by atoms with Gasteiger partial charge in [0.15, 0.2) is 6.61 Å². The summed E-state index contributed by atoms with van der Waals surface area (Å²) in [7, 11) is 0. The van der Waals surface area contributed by atoms with Crippen molar-refractivity contribution < 1.29 is 9.53 Å². The Morgan fingerprint density at radius 1 is 1.59 bits per heavy atom. The van der Waals surface area contributed by atoms with Crippen LogP contribution in [0.1, 0.15) is 20.3 Å². The van der Waals surface area contributed by atoms with Gasteiger partial charge in [0, 0.05) is 10.5 Å². The lowest BCUT2D eigenvalue weighted by Crippen LogP contribution is -2.35. The van der Waals surface area contributed by atoms with Crippen LogP contribution in [-0.2, 0) is 4.79 Å². The number of halogens is 2. The molecule has 0 heterocycles. The van der Waals surface area contributed by atoms with Crippen molar-refractivity contribution in [3.63, 3.8) is 0 Å². The van der Waals surface area contributed by atoms with Crippen molar-refractivity contribution >= 4 is 33.4 Å². The monoisotopic (exact) mass is 319 g/mol. The van der Waals surface area contributed by atoms with Gasteiger partial charge in [-0.2, -0.15) is 0 Å². The smallest absolute Gasteiger partial charge is 0.258 e. The van der Waals surface area contributed by atoms with Crippen molar-refractivity contribution in [2.24, 2.45) is 0 Å². The molecule has 1 atom stereocenters. The lowest BCUT2D eigenvalue weighted by molar-refractivity contribution is -0.123. The van der Waals surface area contributed by atoms with Gasteiger partial charge in [-0.3, -0.25) is 4.79 Å². The molecule has 0 aliphatic heterocycles. The molecule has 0 fully saturated rings. The van der Waals surface area contributed by atoms with Gasteiger partial charge >= 0.3 is 0 Å². The first-order chi connectivity index (χ1) is 8.02. The Bertz CT molecular complexity index is 398. The molecule has 5 heteroatoms. The minimum Gasteiger partial charge on any atom is -0.482 e. The maximum atomic E-state index is 11.5. The van der Waals surface area contributed by atoms with Crippen molar-refractivity contribution in [1.82, 2.24) is 5.32 Å². The molecule has 1 aromatic rings. The highest BCUT2D eigenvalue weighted by molar-refractivity contribution is 9.10. The number of nitrogens with one attached hydrogen (secondary N) is 1. The number of benzene rings is 1. The van der Waals surface area contributed by atoms with Crippen LogP contribution in [0.15, 0.2) is 22.7 Å². The molecule has 3 nitrogen and oxygen atoms in total. The summed E-state index contributed by atoms with van der Waals surface area (Å²) in [6.45, 7) is 3.94. The normalized spacial score (nSPS) is 12.0. The number of carbonyl (C=O) groups excluding carboxylic acids is 1. The molecule has 1 N–H and O–H groups in total. The SMILES string of the molecule is CC[C@@H](C)NC(=O)COc1ccc(Br)cc1Cl. The van der Waals surface area contributed by atoms with Gasteiger partial charge in [-0.15, -0.1) is 0 Å². The molecule has 0 spiro atoms. The van der Waals surface area contributed by atoms with E-state index < -0.39 is 0 Å². The van der Waals surface area contributed by atoms with Crippen molar-refractivity contribution in [3.05, 3.63) is 27.7 Å². The predicted molar refractivity (Wildman–Crippen MR) is 72.5 cm³/mol. The number of amides is 1. The lowest BCUT2D eigenvalue weighted by Gasteiger charge is -2.12. The van der Waals surface area contributed by atoms with E-state index in [1.807, 2.05) is 19.9 Å². The highest BCUT2D eigenvalue weighted by Gasteiger charge is 2.08. The zero-order valence-electron chi connectivity index (χ0n) is 9.80. The first kappa shape index (κ1) is 14.3. The molecule has 0 aliphatic carbocycles. The fourth-order valence-corrected chi connectivity index (χ4v) is 1.88. The zero-order valence-corrected chi connectivity index (χ0v) is 12.1. The highest BCUT2D eigenvalue weighted by Crippen LogP contribution is 2.27. The first-order valence-electron chi connectivity index (χ1n) is 5.40. The van der Waals surface area contributed by atoms with Crippen LogP contribution in [0.5, 0.6) is 5.75 Å². The summed E-state index contributed by atoms with van der Waals surface area (Å²) < 4.78 is 6.21. The Labute approximate surface area is 115 Å². The van der Waals surface area contributed by atoms with Crippen molar-refractivity contribution in [3.8, 4) is 5.75 Å². The maximum absolute atomic E-state index is 11.5. The van der Waals surface area contributed by atoms with E-state index in [2.05, 4.69) is 21.2 Å². The van der Waals surface area contributed by atoms with Gasteiger partial charge in [0.1, 0.15) is 5.75 Å². The Kier molecular flexibility index (Phi) is 5.78. The molecule has 1 amide bonds. The van der Waals surface area contributed by atoms with Gasteiger partial charge in [-0.1, -0.05) is 34.5 Å². The topological polar surface area (TPSA) is 38.3 Å². The van der Waals surface area contributed by atoms with Gasteiger partial charge in [-0.05, 0) is 31.5 Å². The van der Waals surface area contributed by atoms with Crippen LogP contribution in [0.2, 0.25) is 5.02 Å². The molecule has 94 valence electrons. The Balaban J connectivity index is 2.47. The molecule has 17 heavy (non-hydrogen) atoms. The standard InChI is InChI=1S/C12H15BrClNO2/c1-3-8(2)15-12(16)7-17-11-5-4-9(13)6-10(11)14/h4-6,8H,3,7H2,1-2H3,(H,15,16)/t8-/m1/s1. The highest BCUT2D eigenvalue weighted by atomic mass is 79.9. The molecule has 0 unspecified atom stereocenters. The second-order valence-corrected chi connectivity index (χ2v) is 5.06. The molecule has 0 radical (unpaired) electrons. The summed E-state index contributed by atoms with van der Waals surface area (Å²) in [6, 6.07) is 5.42. The summed E-state index contributed by atoms with van der Waals surface area (Å²) >= 11 is 9.26. The summed E-state index contributed by atoms with van der Waals surface area (Å²) in [5, 5.41) is 3.30. The molecule has 0 saturated carbocycles. The van der Waals surface area contributed by atoms with Crippen molar-refractivity contribution in [2.75, 3.05) is 6.61 Å². The minimum atomic E-state index is -0.140. The lowest BCUT2D eigenvalue weighted by atomic mass is 10.2. The average molecular weight is 321 g/mol. The van der Waals surface area contributed by atoms with Crippen LogP contribution < -0.4 is 10.1 Å². The van der Waals surface area contributed by atoms with E-state index in [1.54, 1.807) is 12.1 Å². The number of rotatable bonds is 5. The van der Waals surface area contributed by atoms with Crippen molar-refractivity contribution in [1.29, 1.82) is 0 Å². The zero-order chi connectivity index (χ0) is 12.8. The van der Waals surface area contributed by atoms with Crippen LogP contribution >= 0.6 is 27.5 Å². The third kappa shape index (κ3) is 4.96. The first-order valence-corrected chi connectivity index (χ1v) is 6.57. The van der Waals surface area contributed by atoms with Gasteiger partial charge in [-0.25, -0.2) is 0 Å². The van der Waals surface area contributed by atoms with E-state index in [0.29, 0.717) is 10.8 Å². The van der Waals surface area contributed by atoms with E-state index in [1.165, 1.54) is 0 Å². The minimum absolute atomic E-state index is 0.0221. The molecule has 1 aromatic carbocycles. The van der Waals surface area contributed by atoms with E-state index in [9.17, 15) is 4.79 Å². The van der Waals surface area contributed by atoms with Gasteiger partial charge in [0.25, 0.3) is 5.91 Å². The van der Waals surface area contributed by atoms with Crippen LogP contribution in [0, 0.1) is 0 Å². The average Bonchev–Trinajstić information content (AvgIpc) is 2.27. The Morgan fingerprint density at radius 3 is 2.88 bits per heavy atom. The maximum Gasteiger partial charge on any atom is 0.258 e. The summed E-state index contributed by atoms with van der Waals surface area (Å²) in [6.07, 6.45) is 0.894.